The first-order valence-corrected chi connectivity index (χ1v) is 7.37. The van der Waals surface area contributed by atoms with E-state index >= 15 is 0 Å². The van der Waals surface area contributed by atoms with E-state index in [1.54, 1.807) is 7.11 Å². The molecular formula is C16H25NO3. The van der Waals surface area contributed by atoms with Crippen LogP contribution in [-0.2, 0) is 0 Å². The van der Waals surface area contributed by atoms with Crippen molar-refractivity contribution in [1.82, 2.24) is 5.32 Å². The molecule has 1 atom stereocenters. The molecule has 2 N–H and O–H groups in total. The molecule has 1 aromatic rings. The molecule has 1 fully saturated rings. The maximum Gasteiger partial charge on any atom is 0.123 e. The summed E-state index contributed by atoms with van der Waals surface area (Å²) in [7, 11) is 1.64. The summed E-state index contributed by atoms with van der Waals surface area (Å²) < 4.78 is 11.1. The molecule has 4 heteroatoms. The molecule has 2 rings (SSSR count). The average Bonchev–Trinajstić information content (AvgIpc) is 3.33. The molecule has 0 aromatic heterocycles. The predicted octanol–water partition coefficient (Wildman–Crippen LogP) is 2.21. The second kappa shape index (κ2) is 6.95. The van der Waals surface area contributed by atoms with Crippen LogP contribution in [0.4, 0.5) is 0 Å². The monoisotopic (exact) mass is 279 g/mol. The van der Waals surface area contributed by atoms with Gasteiger partial charge in [0.2, 0.25) is 0 Å². The molecule has 0 spiro atoms. The lowest BCUT2D eigenvalue weighted by molar-refractivity contribution is 0.0850. The summed E-state index contributed by atoms with van der Waals surface area (Å²) in [5, 5.41) is 13.3. The highest BCUT2D eigenvalue weighted by Gasteiger charge is 2.45. The average molecular weight is 279 g/mol. The van der Waals surface area contributed by atoms with Gasteiger partial charge in [0.1, 0.15) is 18.1 Å². The van der Waals surface area contributed by atoms with E-state index < -0.39 is 0 Å². The molecule has 0 heterocycles. The van der Waals surface area contributed by atoms with Crippen molar-refractivity contribution in [2.45, 2.75) is 31.7 Å². The fraction of sp³-hybridized carbons (Fsp3) is 0.625. The van der Waals surface area contributed by atoms with Gasteiger partial charge < -0.3 is 19.9 Å². The van der Waals surface area contributed by atoms with Gasteiger partial charge in [-0.25, -0.2) is 0 Å². The van der Waals surface area contributed by atoms with Crippen molar-refractivity contribution in [3.05, 3.63) is 24.3 Å². The number of nitrogens with one attached hydrogen (secondary N) is 1. The SMILES string of the molecule is CCCNC(CO)(COc1cccc(OC)c1)C1CC1. The second-order valence-electron chi connectivity index (χ2n) is 5.48. The lowest BCUT2D eigenvalue weighted by atomic mass is 9.95. The Morgan fingerprint density at radius 2 is 2.10 bits per heavy atom. The molecule has 0 saturated heterocycles. The summed E-state index contributed by atoms with van der Waals surface area (Å²) in [6.45, 7) is 3.63. The first-order valence-electron chi connectivity index (χ1n) is 7.37. The van der Waals surface area contributed by atoms with Crippen LogP contribution in [0.15, 0.2) is 24.3 Å². The molecular weight excluding hydrogens is 254 g/mol. The smallest absolute Gasteiger partial charge is 0.123 e. The van der Waals surface area contributed by atoms with E-state index in [4.69, 9.17) is 9.47 Å². The Kier molecular flexibility index (Phi) is 5.26. The summed E-state index contributed by atoms with van der Waals surface area (Å²) >= 11 is 0. The van der Waals surface area contributed by atoms with Gasteiger partial charge in [-0.1, -0.05) is 13.0 Å². The van der Waals surface area contributed by atoms with Crippen molar-refractivity contribution in [2.75, 3.05) is 26.9 Å². The van der Waals surface area contributed by atoms with Gasteiger partial charge in [0, 0.05) is 6.07 Å². The largest absolute Gasteiger partial charge is 0.497 e. The molecule has 0 radical (unpaired) electrons. The lowest BCUT2D eigenvalue weighted by Gasteiger charge is -2.33. The molecule has 20 heavy (non-hydrogen) atoms. The first kappa shape index (κ1) is 15.1. The van der Waals surface area contributed by atoms with Gasteiger partial charge in [0.05, 0.1) is 19.3 Å². The van der Waals surface area contributed by atoms with Crippen LogP contribution in [0, 0.1) is 5.92 Å². The molecule has 112 valence electrons. The van der Waals surface area contributed by atoms with E-state index in [1.807, 2.05) is 24.3 Å². The Bertz CT molecular complexity index is 420. The second-order valence-corrected chi connectivity index (χ2v) is 5.48. The molecule has 4 nitrogen and oxygen atoms in total. The fourth-order valence-electron chi connectivity index (χ4n) is 2.46. The Balaban J connectivity index is 2.00. The number of rotatable bonds is 9. The molecule has 0 aliphatic heterocycles. The van der Waals surface area contributed by atoms with Crippen molar-refractivity contribution in [2.24, 2.45) is 5.92 Å². The molecule has 1 saturated carbocycles. The van der Waals surface area contributed by atoms with Gasteiger partial charge in [0.25, 0.3) is 0 Å². The third kappa shape index (κ3) is 3.64. The zero-order chi connectivity index (χ0) is 14.4. The van der Waals surface area contributed by atoms with E-state index in [9.17, 15) is 5.11 Å². The minimum Gasteiger partial charge on any atom is -0.497 e. The normalized spacial score (nSPS) is 17.6. The van der Waals surface area contributed by atoms with Gasteiger partial charge >= 0.3 is 0 Å². The van der Waals surface area contributed by atoms with E-state index in [0.29, 0.717) is 12.5 Å². The Labute approximate surface area is 121 Å². The Hall–Kier alpha value is -1.26. The number of hydrogen-bond acceptors (Lipinski definition) is 4. The molecule has 1 unspecified atom stereocenters. The summed E-state index contributed by atoms with van der Waals surface area (Å²) in [5.74, 6) is 2.08. The van der Waals surface area contributed by atoms with Crippen LogP contribution < -0.4 is 14.8 Å². The quantitative estimate of drug-likeness (QED) is 0.728. The third-order valence-electron chi connectivity index (χ3n) is 3.91. The zero-order valence-corrected chi connectivity index (χ0v) is 12.4. The standard InChI is InChI=1S/C16H25NO3/c1-3-9-17-16(11-18,13-7-8-13)12-20-15-6-4-5-14(10-15)19-2/h4-6,10,13,17-18H,3,7-9,11-12H2,1-2H3. The minimum absolute atomic E-state index is 0.113. The molecule has 1 aromatic carbocycles. The Morgan fingerprint density at radius 3 is 2.70 bits per heavy atom. The van der Waals surface area contributed by atoms with Gasteiger partial charge in [-0.2, -0.15) is 0 Å². The molecule has 1 aliphatic rings. The summed E-state index contributed by atoms with van der Waals surface area (Å²) in [6.07, 6.45) is 3.38. The highest BCUT2D eigenvalue weighted by atomic mass is 16.5. The van der Waals surface area contributed by atoms with Crippen LogP contribution in [0.1, 0.15) is 26.2 Å². The third-order valence-corrected chi connectivity index (χ3v) is 3.91. The van der Waals surface area contributed by atoms with Gasteiger partial charge in [-0.3, -0.25) is 0 Å². The number of aliphatic hydroxyl groups excluding tert-OH is 1. The number of benzene rings is 1. The van der Waals surface area contributed by atoms with Gasteiger partial charge in [0.15, 0.2) is 0 Å². The van der Waals surface area contributed by atoms with Crippen LogP contribution in [0.3, 0.4) is 0 Å². The van der Waals surface area contributed by atoms with Crippen molar-refractivity contribution in [1.29, 1.82) is 0 Å². The van der Waals surface area contributed by atoms with Crippen molar-refractivity contribution < 1.29 is 14.6 Å². The lowest BCUT2D eigenvalue weighted by Crippen LogP contribution is -2.55. The first-order chi connectivity index (χ1) is 9.74. The predicted molar refractivity (Wildman–Crippen MR) is 79.3 cm³/mol. The van der Waals surface area contributed by atoms with Gasteiger partial charge in [-0.05, 0) is 43.9 Å². The maximum absolute atomic E-state index is 9.83. The minimum atomic E-state index is -0.306. The molecule has 1 aliphatic carbocycles. The van der Waals surface area contributed by atoms with Crippen LogP contribution in [0.5, 0.6) is 11.5 Å². The highest BCUT2D eigenvalue weighted by molar-refractivity contribution is 5.33. The topological polar surface area (TPSA) is 50.7 Å². The number of ether oxygens (including phenoxy) is 2. The van der Waals surface area contributed by atoms with Crippen LogP contribution in [0.25, 0.3) is 0 Å². The van der Waals surface area contributed by atoms with E-state index in [1.165, 1.54) is 12.8 Å². The van der Waals surface area contributed by atoms with Crippen molar-refractivity contribution in [3.63, 3.8) is 0 Å². The van der Waals surface area contributed by atoms with Crippen molar-refractivity contribution >= 4 is 0 Å². The van der Waals surface area contributed by atoms with Gasteiger partial charge in [-0.15, -0.1) is 0 Å². The van der Waals surface area contributed by atoms with Crippen molar-refractivity contribution in [3.8, 4) is 11.5 Å². The fourth-order valence-corrected chi connectivity index (χ4v) is 2.46. The highest BCUT2D eigenvalue weighted by Crippen LogP contribution is 2.40. The van der Waals surface area contributed by atoms with Crippen LogP contribution in [-0.4, -0.2) is 37.5 Å². The Morgan fingerprint density at radius 1 is 1.35 bits per heavy atom. The summed E-state index contributed by atoms with van der Waals surface area (Å²) in [4.78, 5) is 0. The van der Waals surface area contributed by atoms with E-state index in [0.717, 1.165) is 24.5 Å². The number of hydrogen-bond donors (Lipinski definition) is 2. The number of aliphatic hydroxyl groups is 1. The zero-order valence-electron chi connectivity index (χ0n) is 12.4. The van der Waals surface area contributed by atoms with Crippen LogP contribution >= 0.6 is 0 Å². The van der Waals surface area contributed by atoms with E-state index in [-0.39, 0.29) is 12.1 Å². The summed E-state index contributed by atoms with van der Waals surface area (Å²) in [6, 6.07) is 7.58. The maximum atomic E-state index is 9.83. The molecule has 0 amide bonds. The number of methoxy groups -OCH3 is 1. The van der Waals surface area contributed by atoms with E-state index in [2.05, 4.69) is 12.2 Å². The van der Waals surface area contributed by atoms with Crippen LogP contribution in [0.2, 0.25) is 0 Å². The molecule has 0 bridgehead atoms. The summed E-state index contributed by atoms with van der Waals surface area (Å²) in [5.41, 5.74) is -0.306.